The highest BCUT2D eigenvalue weighted by Gasteiger charge is 2.35. The number of rotatable bonds is 7. The van der Waals surface area contributed by atoms with Crippen LogP contribution in [0.2, 0.25) is 0 Å². The third-order valence-electron chi connectivity index (χ3n) is 3.96. The molecule has 0 aromatic carbocycles. The Hall–Kier alpha value is -0.650. The Morgan fingerprint density at radius 1 is 1.44 bits per heavy atom. The van der Waals surface area contributed by atoms with E-state index in [4.69, 9.17) is 10.2 Å². The van der Waals surface area contributed by atoms with E-state index in [1.165, 1.54) is 0 Å². The Morgan fingerprint density at radius 3 is 2.50 bits per heavy atom. The number of carboxylic acid groups (broad SMARTS) is 1. The molecule has 1 fully saturated rings. The Labute approximate surface area is 108 Å². The van der Waals surface area contributed by atoms with Crippen LogP contribution in [-0.2, 0) is 4.79 Å². The summed E-state index contributed by atoms with van der Waals surface area (Å²) in [5.74, 6) is -1.05. The second-order valence-electron chi connectivity index (χ2n) is 5.34. The lowest BCUT2D eigenvalue weighted by atomic mass is 9.78. The number of aliphatic hydroxyl groups excluding tert-OH is 1. The van der Waals surface area contributed by atoms with E-state index in [1.54, 1.807) is 0 Å². The van der Waals surface area contributed by atoms with Gasteiger partial charge in [-0.05, 0) is 38.5 Å². The van der Waals surface area contributed by atoms with E-state index >= 15 is 0 Å². The van der Waals surface area contributed by atoms with Gasteiger partial charge in [0, 0.05) is 19.2 Å². The predicted octanol–water partition coefficient (Wildman–Crippen LogP) is 0.743. The minimum Gasteiger partial charge on any atom is -0.481 e. The number of aliphatic hydroxyl groups is 2. The molecule has 0 aliphatic heterocycles. The van der Waals surface area contributed by atoms with Crippen LogP contribution in [0, 0.1) is 5.92 Å². The van der Waals surface area contributed by atoms with Gasteiger partial charge in [-0.2, -0.15) is 0 Å². The maximum atomic E-state index is 10.8. The van der Waals surface area contributed by atoms with Gasteiger partial charge in [0.2, 0.25) is 0 Å². The summed E-state index contributed by atoms with van der Waals surface area (Å²) in [6.07, 6.45) is 3.76. The average Bonchev–Trinajstić information content (AvgIpc) is 2.35. The Balaban J connectivity index is 2.35. The first-order valence-corrected chi connectivity index (χ1v) is 6.80. The number of aliphatic carboxylic acids is 1. The van der Waals surface area contributed by atoms with Gasteiger partial charge in [0.25, 0.3) is 0 Å². The lowest BCUT2D eigenvalue weighted by Gasteiger charge is -2.36. The molecule has 0 amide bonds. The van der Waals surface area contributed by atoms with Crippen molar-refractivity contribution in [3.8, 4) is 0 Å². The van der Waals surface area contributed by atoms with Crippen LogP contribution in [-0.4, -0.2) is 46.1 Å². The second-order valence-corrected chi connectivity index (χ2v) is 5.34. The number of carboxylic acids is 1. The zero-order chi connectivity index (χ0) is 13.6. The van der Waals surface area contributed by atoms with Gasteiger partial charge in [0.1, 0.15) is 0 Å². The Bertz CT molecular complexity index is 262. The second kappa shape index (κ2) is 7.07. The van der Waals surface area contributed by atoms with Gasteiger partial charge in [-0.3, -0.25) is 4.79 Å². The normalized spacial score (nSPS) is 30.1. The third-order valence-corrected chi connectivity index (χ3v) is 3.96. The van der Waals surface area contributed by atoms with Crippen LogP contribution in [0.25, 0.3) is 0 Å². The molecule has 5 nitrogen and oxygen atoms in total. The first-order valence-electron chi connectivity index (χ1n) is 6.80. The fraction of sp³-hybridized carbons (Fsp3) is 0.923. The monoisotopic (exact) mass is 259 g/mol. The van der Waals surface area contributed by atoms with Crippen molar-refractivity contribution in [2.75, 3.05) is 13.2 Å². The van der Waals surface area contributed by atoms with E-state index in [-0.39, 0.29) is 18.6 Å². The smallest absolute Gasteiger partial charge is 0.306 e. The maximum Gasteiger partial charge on any atom is 0.306 e. The minimum absolute atomic E-state index is 0.144. The van der Waals surface area contributed by atoms with E-state index in [9.17, 15) is 9.90 Å². The van der Waals surface area contributed by atoms with Gasteiger partial charge in [0.05, 0.1) is 11.5 Å². The van der Waals surface area contributed by atoms with Gasteiger partial charge in [-0.1, -0.05) is 6.92 Å². The van der Waals surface area contributed by atoms with Gasteiger partial charge < -0.3 is 20.6 Å². The quantitative estimate of drug-likeness (QED) is 0.541. The topological polar surface area (TPSA) is 89.8 Å². The van der Waals surface area contributed by atoms with Crippen molar-refractivity contribution in [2.24, 2.45) is 5.92 Å². The predicted molar refractivity (Wildman–Crippen MR) is 68.3 cm³/mol. The van der Waals surface area contributed by atoms with Crippen LogP contribution in [0.4, 0.5) is 0 Å². The van der Waals surface area contributed by atoms with Crippen LogP contribution in [0.5, 0.6) is 0 Å². The molecule has 106 valence electrons. The van der Waals surface area contributed by atoms with Crippen molar-refractivity contribution in [1.29, 1.82) is 0 Å². The van der Waals surface area contributed by atoms with Crippen LogP contribution in [0.15, 0.2) is 0 Å². The molecule has 0 aromatic rings. The molecule has 4 N–H and O–H groups in total. The average molecular weight is 259 g/mol. The lowest BCUT2D eigenvalue weighted by molar-refractivity contribution is -0.144. The fourth-order valence-electron chi connectivity index (χ4n) is 2.52. The fourth-order valence-corrected chi connectivity index (χ4v) is 2.52. The Morgan fingerprint density at radius 2 is 2.06 bits per heavy atom. The molecule has 0 spiro atoms. The molecule has 0 aromatic heterocycles. The summed E-state index contributed by atoms with van der Waals surface area (Å²) in [4.78, 5) is 10.8. The molecule has 1 atom stereocenters. The standard InChI is InChI=1S/C13H25NO4/c1-2-11(5-8-15)14-9-13(18)6-3-10(4-7-13)12(16)17/h10-11,14-15,18H,2-9H2,1H3,(H,16,17). The zero-order valence-electron chi connectivity index (χ0n) is 11.1. The number of hydrogen-bond acceptors (Lipinski definition) is 4. The first kappa shape index (κ1) is 15.4. The molecule has 1 saturated carbocycles. The molecule has 0 radical (unpaired) electrons. The van der Waals surface area contributed by atoms with E-state index in [2.05, 4.69) is 5.32 Å². The highest BCUT2D eigenvalue weighted by molar-refractivity contribution is 5.70. The SMILES string of the molecule is CCC(CCO)NCC1(O)CCC(C(=O)O)CC1. The molecule has 1 aliphatic carbocycles. The number of hydrogen-bond donors (Lipinski definition) is 4. The summed E-state index contributed by atoms with van der Waals surface area (Å²) in [5, 5.41) is 31.4. The molecule has 0 saturated heterocycles. The van der Waals surface area contributed by atoms with Crippen LogP contribution in [0.3, 0.4) is 0 Å². The van der Waals surface area contributed by atoms with Gasteiger partial charge in [0.15, 0.2) is 0 Å². The summed E-state index contributed by atoms with van der Waals surface area (Å²) >= 11 is 0. The lowest BCUT2D eigenvalue weighted by Crippen LogP contribution is -2.47. The van der Waals surface area contributed by atoms with E-state index in [0.29, 0.717) is 38.6 Å². The molecule has 0 heterocycles. The summed E-state index contributed by atoms with van der Waals surface area (Å²) in [5.41, 5.74) is -0.783. The zero-order valence-corrected chi connectivity index (χ0v) is 11.1. The van der Waals surface area contributed by atoms with Crippen molar-refractivity contribution in [3.05, 3.63) is 0 Å². The highest BCUT2D eigenvalue weighted by Crippen LogP contribution is 2.31. The first-order chi connectivity index (χ1) is 8.50. The molecule has 0 bridgehead atoms. The van der Waals surface area contributed by atoms with E-state index < -0.39 is 11.6 Å². The molecule has 5 heteroatoms. The number of nitrogens with one attached hydrogen (secondary N) is 1. The Kier molecular flexibility index (Phi) is 6.05. The molecule has 1 aliphatic rings. The van der Waals surface area contributed by atoms with Gasteiger partial charge >= 0.3 is 5.97 Å². The van der Waals surface area contributed by atoms with Crippen molar-refractivity contribution >= 4 is 5.97 Å². The van der Waals surface area contributed by atoms with Crippen LogP contribution < -0.4 is 5.32 Å². The molecular formula is C13H25NO4. The highest BCUT2D eigenvalue weighted by atomic mass is 16.4. The molecular weight excluding hydrogens is 234 g/mol. The summed E-state index contributed by atoms with van der Waals surface area (Å²) < 4.78 is 0. The number of carbonyl (C=O) groups is 1. The summed E-state index contributed by atoms with van der Waals surface area (Å²) in [6, 6.07) is 0.219. The van der Waals surface area contributed by atoms with Crippen molar-refractivity contribution < 1.29 is 20.1 Å². The van der Waals surface area contributed by atoms with Crippen molar-refractivity contribution in [3.63, 3.8) is 0 Å². The van der Waals surface area contributed by atoms with Crippen molar-refractivity contribution in [2.45, 2.75) is 57.1 Å². The molecule has 18 heavy (non-hydrogen) atoms. The van der Waals surface area contributed by atoms with Gasteiger partial charge in [-0.25, -0.2) is 0 Å². The van der Waals surface area contributed by atoms with Crippen LogP contribution >= 0.6 is 0 Å². The van der Waals surface area contributed by atoms with Crippen molar-refractivity contribution in [1.82, 2.24) is 5.32 Å². The largest absolute Gasteiger partial charge is 0.481 e. The molecule has 1 rings (SSSR count). The summed E-state index contributed by atoms with van der Waals surface area (Å²) in [6.45, 7) is 2.67. The van der Waals surface area contributed by atoms with Crippen LogP contribution in [0.1, 0.15) is 45.4 Å². The van der Waals surface area contributed by atoms with Gasteiger partial charge in [-0.15, -0.1) is 0 Å². The maximum absolute atomic E-state index is 10.8. The minimum atomic E-state index is -0.783. The summed E-state index contributed by atoms with van der Waals surface area (Å²) in [7, 11) is 0. The van der Waals surface area contributed by atoms with E-state index in [1.807, 2.05) is 6.92 Å². The van der Waals surface area contributed by atoms with E-state index in [0.717, 1.165) is 6.42 Å². The third kappa shape index (κ3) is 4.55. The molecule has 1 unspecified atom stereocenters.